The zero-order valence-corrected chi connectivity index (χ0v) is 12.0. The van der Waals surface area contributed by atoms with E-state index in [9.17, 15) is 30.3 Å². The Morgan fingerprint density at radius 2 is 1.65 bits per heavy atom. The van der Waals surface area contributed by atoms with Crippen molar-refractivity contribution in [1.82, 2.24) is 0 Å². The van der Waals surface area contributed by atoms with Crippen LogP contribution >= 0.6 is 0 Å². The summed E-state index contributed by atoms with van der Waals surface area (Å²) in [5.74, 6) is -1.08. The largest absolute Gasteiger partial charge is 0.394 e. The monoisotopic (exact) mass is 342 g/mol. The minimum Gasteiger partial charge on any atom is -0.394 e. The number of ether oxygens (including phenoxy) is 2. The number of hydrogen-bond donors (Lipinski definition) is 8. The summed E-state index contributed by atoms with van der Waals surface area (Å²) in [7, 11) is 0. The van der Waals surface area contributed by atoms with E-state index in [-0.39, 0.29) is 0 Å². The molecule has 1 heterocycles. The minimum absolute atomic E-state index is 0.678. The molecule has 11 heteroatoms. The maximum absolute atomic E-state index is 11.6. The number of carbonyl (C=O) groups is 1. The van der Waals surface area contributed by atoms with Crippen molar-refractivity contribution in [3.63, 3.8) is 0 Å². The number of carbonyl (C=O) groups excluding carboxylic acids is 1. The first-order chi connectivity index (χ1) is 10.7. The molecule has 23 heavy (non-hydrogen) atoms. The first-order valence-electron chi connectivity index (χ1n) is 6.84. The van der Waals surface area contributed by atoms with Gasteiger partial charge in [0, 0.05) is 0 Å². The van der Waals surface area contributed by atoms with Crippen molar-refractivity contribution < 1.29 is 55.1 Å². The van der Waals surface area contributed by atoms with Gasteiger partial charge in [0.25, 0.3) is 0 Å². The average molecular weight is 342 g/mol. The Labute approximate surface area is 130 Å². The Bertz CT molecular complexity index is 376. The third-order valence-electron chi connectivity index (χ3n) is 3.47. The lowest BCUT2D eigenvalue weighted by atomic mass is 9.99. The molecule has 1 aliphatic heterocycles. The van der Waals surface area contributed by atoms with E-state index in [4.69, 9.17) is 24.8 Å². The molecular weight excluding hydrogens is 320 g/mol. The summed E-state index contributed by atoms with van der Waals surface area (Å²) < 4.78 is 9.85. The number of Topliss-reactive ketones (excluding diaryl/α,β-unsaturated/α-hetero) is 1. The van der Waals surface area contributed by atoms with Crippen molar-refractivity contribution in [3.8, 4) is 0 Å². The van der Waals surface area contributed by atoms with Gasteiger partial charge in [-0.15, -0.1) is 0 Å². The summed E-state index contributed by atoms with van der Waals surface area (Å²) in [6.45, 7) is -2.42. The molecule has 0 saturated carbocycles. The standard InChI is InChI=1S/C12H22O11/c13-1-4(15)7(17)8(18)5(16)3-22-12-11(21)10(20)9(19)6(2-14)23-12/h4,6-15,17-21H,1-3H2/t4-,6-,7-,8-,9+,10+,11-,12+/m1/s1. The van der Waals surface area contributed by atoms with Crippen LogP contribution in [-0.4, -0.2) is 115 Å². The van der Waals surface area contributed by atoms with Crippen molar-refractivity contribution >= 4 is 5.78 Å². The van der Waals surface area contributed by atoms with Crippen LogP contribution < -0.4 is 0 Å². The molecule has 0 aliphatic carbocycles. The summed E-state index contributed by atoms with van der Waals surface area (Å²) in [6, 6.07) is 0. The molecular formula is C12H22O11. The number of ketones is 1. The van der Waals surface area contributed by atoms with Crippen molar-refractivity contribution in [3.05, 3.63) is 0 Å². The lowest BCUT2D eigenvalue weighted by Crippen LogP contribution is -2.59. The van der Waals surface area contributed by atoms with E-state index in [2.05, 4.69) is 0 Å². The first-order valence-corrected chi connectivity index (χ1v) is 6.84. The molecule has 0 amide bonds. The smallest absolute Gasteiger partial charge is 0.189 e. The summed E-state index contributed by atoms with van der Waals surface area (Å²) in [5.41, 5.74) is 0. The highest BCUT2D eigenvalue weighted by atomic mass is 16.7. The van der Waals surface area contributed by atoms with Gasteiger partial charge in [0.2, 0.25) is 0 Å². The van der Waals surface area contributed by atoms with Gasteiger partial charge in [-0.25, -0.2) is 0 Å². The van der Waals surface area contributed by atoms with Gasteiger partial charge in [-0.3, -0.25) is 4.79 Å². The normalized spacial score (nSPS) is 35.6. The molecule has 8 N–H and O–H groups in total. The van der Waals surface area contributed by atoms with Crippen LogP contribution in [0.1, 0.15) is 0 Å². The summed E-state index contributed by atoms with van der Waals surface area (Å²) >= 11 is 0. The van der Waals surface area contributed by atoms with E-state index in [1.165, 1.54) is 0 Å². The van der Waals surface area contributed by atoms with Crippen molar-refractivity contribution in [2.45, 2.75) is 49.0 Å². The third-order valence-corrected chi connectivity index (χ3v) is 3.47. The van der Waals surface area contributed by atoms with E-state index >= 15 is 0 Å². The molecule has 1 aliphatic rings. The third kappa shape index (κ3) is 4.87. The Morgan fingerprint density at radius 3 is 2.17 bits per heavy atom. The van der Waals surface area contributed by atoms with E-state index in [1.807, 2.05) is 0 Å². The van der Waals surface area contributed by atoms with Gasteiger partial charge in [-0.05, 0) is 0 Å². The number of rotatable bonds is 8. The Kier molecular flexibility index (Phi) is 7.89. The van der Waals surface area contributed by atoms with Gasteiger partial charge in [0.15, 0.2) is 12.1 Å². The molecule has 0 spiro atoms. The van der Waals surface area contributed by atoms with Gasteiger partial charge in [0.1, 0.15) is 49.3 Å². The molecule has 0 unspecified atom stereocenters. The maximum Gasteiger partial charge on any atom is 0.189 e. The fourth-order valence-corrected chi connectivity index (χ4v) is 1.96. The molecule has 11 nitrogen and oxygen atoms in total. The van der Waals surface area contributed by atoms with E-state index < -0.39 is 74.6 Å². The van der Waals surface area contributed by atoms with Crippen LogP contribution in [0.15, 0.2) is 0 Å². The van der Waals surface area contributed by atoms with Crippen LogP contribution in [0.2, 0.25) is 0 Å². The van der Waals surface area contributed by atoms with Gasteiger partial charge in [-0.1, -0.05) is 0 Å². The molecule has 0 bridgehead atoms. The van der Waals surface area contributed by atoms with Crippen molar-refractivity contribution in [2.75, 3.05) is 19.8 Å². The molecule has 0 aromatic rings. The van der Waals surface area contributed by atoms with Crippen LogP contribution in [0, 0.1) is 0 Å². The summed E-state index contributed by atoms with van der Waals surface area (Å²) in [4.78, 5) is 11.6. The zero-order valence-electron chi connectivity index (χ0n) is 12.0. The van der Waals surface area contributed by atoms with Crippen LogP contribution in [0.5, 0.6) is 0 Å². The van der Waals surface area contributed by atoms with Gasteiger partial charge in [-0.2, -0.15) is 0 Å². The quantitative estimate of drug-likeness (QED) is 0.209. The molecule has 1 fully saturated rings. The highest BCUT2D eigenvalue weighted by molar-refractivity contribution is 5.84. The van der Waals surface area contributed by atoms with E-state index in [1.54, 1.807) is 0 Å². The minimum atomic E-state index is -2.05. The second-order valence-corrected chi connectivity index (χ2v) is 5.16. The second-order valence-electron chi connectivity index (χ2n) is 5.16. The lowest BCUT2D eigenvalue weighted by molar-refractivity contribution is -0.299. The molecule has 1 rings (SSSR count). The Balaban J connectivity index is 2.57. The van der Waals surface area contributed by atoms with Crippen LogP contribution in [0.25, 0.3) is 0 Å². The summed E-state index contributed by atoms with van der Waals surface area (Å²) in [6.07, 6.45) is -13.5. The second kappa shape index (κ2) is 8.94. The molecule has 8 atom stereocenters. The van der Waals surface area contributed by atoms with Gasteiger partial charge < -0.3 is 50.3 Å². The topological polar surface area (TPSA) is 197 Å². The SMILES string of the molecule is O=C(CO[C@H]1O[C@H](CO)[C@H](O)[C@H](O)[C@H]1O)[C@@H](O)[C@H](O)[C@H](O)CO. The van der Waals surface area contributed by atoms with Crippen LogP contribution in [0.4, 0.5) is 0 Å². The van der Waals surface area contributed by atoms with Crippen LogP contribution in [-0.2, 0) is 14.3 Å². The van der Waals surface area contributed by atoms with E-state index in [0.717, 1.165) is 0 Å². The predicted molar refractivity (Wildman–Crippen MR) is 69.8 cm³/mol. The van der Waals surface area contributed by atoms with Crippen molar-refractivity contribution in [2.24, 2.45) is 0 Å². The lowest BCUT2D eigenvalue weighted by Gasteiger charge is -2.39. The van der Waals surface area contributed by atoms with Gasteiger partial charge in [0.05, 0.1) is 13.2 Å². The molecule has 0 aromatic heterocycles. The molecule has 1 saturated heterocycles. The van der Waals surface area contributed by atoms with E-state index in [0.29, 0.717) is 0 Å². The fourth-order valence-electron chi connectivity index (χ4n) is 1.96. The number of aliphatic hydroxyl groups is 8. The molecule has 136 valence electrons. The molecule has 0 aromatic carbocycles. The fraction of sp³-hybridized carbons (Fsp3) is 0.917. The van der Waals surface area contributed by atoms with Crippen LogP contribution in [0.3, 0.4) is 0 Å². The van der Waals surface area contributed by atoms with Crippen molar-refractivity contribution in [1.29, 1.82) is 0 Å². The maximum atomic E-state index is 11.6. The zero-order chi connectivity index (χ0) is 17.7. The highest BCUT2D eigenvalue weighted by Gasteiger charge is 2.44. The predicted octanol–water partition coefficient (Wildman–Crippen LogP) is -5.55. The highest BCUT2D eigenvalue weighted by Crippen LogP contribution is 2.22. The van der Waals surface area contributed by atoms with Gasteiger partial charge >= 0.3 is 0 Å². The number of hydrogen-bond acceptors (Lipinski definition) is 11. The summed E-state index contributed by atoms with van der Waals surface area (Å²) in [5, 5.41) is 74.4. The average Bonchev–Trinajstić information content (AvgIpc) is 2.56. The number of aliphatic hydroxyl groups excluding tert-OH is 8. The Hall–Kier alpha value is -0.730. The molecule has 0 radical (unpaired) electrons. The first kappa shape index (κ1) is 20.3. The Morgan fingerprint density at radius 1 is 1.04 bits per heavy atom.